The highest BCUT2D eigenvalue weighted by Crippen LogP contribution is 2.27. The van der Waals surface area contributed by atoms with Gasteiger partial charge in [0.25, 0.3) is 0 Å². The van der Waals surface area contributed by atoms with E-state index in [0.717, 1.165) is 42.2 Å². The molecule has 0 amide bonds. The standard InChI is InChI=1S/C16H23N3O/c1-5-19(4)11-17-15-10-12(2)16(18-13(15)3)20-14-8-6-7-9-14/h6-7,10-11,14H,5,8-9H2,1-4H3/b17-11+. The summed E-state index contributed by atoms with van der Waals surface area (Å²) in [4.78, 5) is 11.1. The second kappa shape index (κ2) is 6.55. The van der Waals surface area contributed by atoms with Crippen molar-refractivity contribution >= 4 is 12.0 Å². The van der Waals surface area contributed by atoms with Crippen LogP contribution in [0.4, 0.5) is 5.69 Å². The van der Waals surface area contributed by atoms with Crippen LogP contribution in [0.1, 0.15) is 31.0 Å². The van der Waals surface area contributed by atoms with E-state index >= 15 is 0 Å². The molecule has 0 saturated carbocycles. The van der Waals surface area contributed by atoms with Crippen LogP contribution in [0.25, 0.3) is 0 Å². The molecule has 1 aliphatic carbocycles. The molecule has 1 aromatic rings. The molecule has 0 unspecified atom stereocenters. The van der Waals surface area contributed by atoms with Crippen molar-refractivity contribution < 1.29 is 4.74 Å². The molecule has 1 aliphatic rings. The van der Waals surface area contributed by atoms with Crippen molar-refractivity contribution in [2.75, 3.05) is 13.6 Å². The van der Waals surface area contributed by atoms with Gasteiger partial charge in [-0.2, -0.15) is 0 Å². The van der Waals surface area contributed by atoms with Crippen molar-refractivity contribution in [1.29, 1.82) is 0 Å². The van der Waals surface area contributed by atoms with Crippen molar-refractivity contribution in [3.8, 4) is 5.88 Å². The Balaban J connectivity index is 2.13. The smallest absolute Gasteiger partial charge is 0.216 e. The molecule has 0 bridgehead atoms. The first-order valence-corrected chi connectivity index (χ1v) is 7.14. The van der Waals surface area contributed by atoms with Gasteiger partial charge in [0, 0.05) is 32.0 Å². The maximum Gasteiger partial charge on any atom is 0.216 e. The van der Waals surface area contributed by atoms with Gasteiger partial charge in [-0.15, -0.1) is 0 Å². The molecular formula is C16H23N3O. The summed E-state index contributed by atoms with van der Waals surface area (Å²) in [5, 5.41) is 0. The maximum absolute atomic E-state index is 5.95. The lowest BCUT2D eigenvalue weighted by atomic mass is 10.2. The minimum Gasteiger partial charge on any atom is -0.473 e. The monoisotopic (exact) mass is 273 g/mol. The molecule has 0 spiro atoms. The molecule has 4 nitrogen and oxygen atoms in total. The molecule has 1 aromatic heterocycles. The minimum absolute atomic E-state index is 0.237. The molecule has 0 aliphatic heterocycles. The molecule has 0 saturated heterocycles. The van der Waals surface area contributed by atoms with Crippen LogP contribution in [-0.2, 0) is 0 Å². The fourth-order valence-corrected chi connectivity index (χ4v) is 2.01. The molecule has 0 atom stereocenters. The summed E-state index contributed by atoms with van der Waals surface area (Å²) in [6.45, 7) is 7.02. The van der Waals surface area contributed by atoms with Gasteiger partial charge in [0.1, 0.15) is 6.10 Å². The van der Waals surface area contributed by atoms with Crippen LogP contribution in [0, 0.1) is 13.8 Å². The first kappa shape index (κ1) is 14.6. The van der Waals surface area contributed by atoms with E-state index in [1.807, 2.05) is 38.2 Å². The SMILES string of the molecule is CCN(C)/C=N/c1cc(C)c(OC2CC=CC2)nc1C. The first-order chi connectivity index (χ1) is 9.60. The Kier molecular flexibility index (Phi) is 4.77. The molecule has 1 heterocycles. The van der Waals surface area contributed by atoms with Crippen LogP contribution >= 0.6 is 0 Å². The van der Waals surface area contributed by atoms with E-state index < -0.39 is 0 Å². The lowest BCUT2D eigenvalue weighted by molar-refractivity contribution is 0.206. The predicted molar refractivity (Wildman–Crippen MR) is 83.0 cm³/mol. The molecular weight excluding hydrogens is 250 g/mol. The highest BCUT2D eigenvalue weighted by molar-refractivity contribution is 5.62. The van der Waals surface area contributed by atoms with Crippen molar-refractivity contribution in [1.82, 2.24) is 9.88 Å². The normalized spacial score (nSPS) is 15.2. The Hall–Kier alpha value is -1.84. The summed E-state index contributed by atoms with van der Waals surface area (Å²) in [7, 11) is 2.00. The molecule has 2 rings (SSSR count). The summed E-state index contributed by atoms with van der Waals surface area (Å²) < 4.78 is 5.95. The predicted octanol–water partition coefficient (Wildman–Crippen LogP) is 3.41. The van der Waals surface area contributed by atoms with Gasteiger partial charge in [0.15, 0.2) is 0 Å². The van der Waals surface area contributed by atoms with E-state index in [-0.39, 0.29) is 6.10 Å². The second-order valence-corrected chi connectivity index (χ2v) is 5.22. The first-order valence-electron chi connectivity index (χ1n) is 7.14. The molecule has 108 valence electrons. The molecule has 0 radical (unpaired) electrons. The van der Waals surface area contributed by atoms with Gasteiger partial charge in [0.2, 0.25) is 5.88 Å². The lowest BCUT2D eigenvalue weighted by Gasteiger charge is -2.15. The second-order valence-electron chi connectivity index (χ2n) is 5.22. The number of aromatic nitrogens is 1. The van der Waals surface area contributed by atoms with Crippen molar-refractivity contribution in [3.05, 3.63) is 29.5 Å². The Morgan fingerprint density at radius 1 is 1.40 bits per heavy atom. The average molecular weight is 273 g/mol. The molecule has 20 heavy (non-hydrogen) atoms. The fourth-order valence-electron chi connectivity index (χ4n) is 2.01. The number of ether oxygens (including phenoxy) is 1. The number of hydrogen-bond donors (Lipinski definition) is 0. The maximum atomic E-state index is 5.95. The highest BCUT2D eigenvalue weighted by atomic mass is 16.5. The third kappa shape index (κ3) is 3.59. The van der Waals surface area contributed by atoms with Crippen LogP contribution in [-0.4, -0.2) is 35.9 Å². The zero-order chi connectivity index (χ0) is 14.5. The van der Waals surface area contributed by atoms with E-state index in [0.29, 0.717) is 0 Å². The van der Waals surface area contributed by atoms with Gasteiger partial charge in [-0.25, -0.2) is 9.98 Å². The van der Waals surface area contributed by atoms with Gasteiger partial charge in [-0.3, -0.25) is 0 Å². The summed E-state index contributed by atoms with van der Waals surface area (Å²) in [6.07, 6.45) is 8.34. The third-order valence-electron chi connectivity index (χ3n) is 3.47. The Morgan fingerprint density at radius 2 is 2.10 bits per heavy atom. The van der Waals surface area contributed by atoms with Crippen LogP contribution < -0.4 is 4.74 Å². The van der Waals surface area contributed by atoms with E-state index in [2.05, 4.69) is 29.1 Å². The van der Waals surface area contributed by atoms with E-state index in [1.165, 1.54) is 0 Å². The Bertz CT molecular complexity index is 515. The number of nitrogens with zero attached hydrogens (tertiary/aromatic N) is 3. The van der Waals surface area contributed by atoms with E-state index in [1.54, 1.807) is 0 Å². The number of aliphatic imine (C=N–C) groups is 1. The third-order valence-corrected chi connectivity index (χ3v) is 3.47. The molecule has 0 fully saturated rings. The van der Waals surface area contributed by atoms with Crippen LogP contribution in [0.15, 0.2) is 23.2 Å². The topological polar surface area (TPSA) is 37.7 Å². The van der Waals surface area contributed by atoms with Crippen LogP contribution in [0.5, 0.6) is 5.88 Å². The number of rotatable bonds is 5. The van der Waals surface area contributed by atoms with E-state index in [9.17, 15) is 0 Å². The summed E-state index contributed by atoms with van der Waals surface area (Å²) in [6, 6.07) is 2.04. The quantitative estimate of drug-likeness (QED) is 0.469. The fraction of sp³-hybridized carbons (Fsp3) is 0.500. The Morgan fingerprint density at radius 3 is 2.75 bits per heavy atom. The van der Waals surface area contributed by atoms with Gasteiger partial charge < -0.3 is 9.64 Å². The molecule has 0 aromatic carbocycles. The molecule has 0 N–H and O–H groups in total. The van der Waals surface area contributed by atoms with Gasteiger partial charge in [0.05, 0.1) is 17.7 Å². The summed E-state index contributed by atoms with van der Waals surface area (Å²) in [5.41, 5.74) is 2.84. The summed E-state index contributed by atoms with van der Waals surface area (Å²) >= 11 is 0. The minimum atomic E-state index is 0.237. The molecule has 4 heteroatoms. The highest BCUT2D eigenvalue weighted by Gasteiger charge is 2.15. The van der Waals surface area contributed by atoms with E-state index in [4.69, 9.17) is 4.74 Å². The van der Waals surface area contributed by atoms with Crippen molar-refractivity contribution in [2.24, 2.45) is 4.99 Å². The number of pyridine rings is 1. The number of hydrogen-bond acceptors (Lipinski definition) is 3. The zero-order valence-electron chi connectivity index (χ0n) is 12.8. The summed E-state index contributed by atoms with van der Waals surface area (Å²) in [5.74, 6) is 0.735. The number of aryl methyl sites for hydroxylation is 2. The largest absolute Gasteiger partial charge is 0.473 e. The van der Waals surface area contributed by atoms with Gasteiger partial charge in [-0.1, -0.05) is 12.2 Å². The van der Waals surface area contributed by atoms with Crippen molar-refractivity contribution in [3.63, 3.8) is 0 Å². The van der Waals surface area contributed by atoms with Gasteiger partial charge >= 0.3 is 0 Å². The lowest BCUT2D eigenvalue weighted by Crippen LogP contribution is -2.14. The average Bonchev–Trinajstić information content (AvgIpc) is 2.93. The van der Waals surface area contributed by atoms with Crippen LogP contribution in [0.2, 0.25) is 0 Å². The van der Waals surface area contributed by atoms with Crippen molar-refractivity contribution in [2.45, 2.75) is 39.7 Å². The zero-order valence-corrected chi connectivity index (χ0v) is 12.8. The Labute approximate surface area is 121 Å². The van der Waals surface area contributed by atoms with Gasteiger partial charge in [-0.05, 0) is 26.8 Å². The van der Waals surface area contributed by atoms with Crippen LogP contribution in [0.3, 0.4) is 0 Å².